The molecule has 36 heavy (non-hydrogen) atoms. The number of methoxy groups -OCH3 is 3. The predicted octanol–water partition coefficient (Wildman–Crippen LogP) is 1.78. The minimum Gasteiger partial charge on any atom is -0.493 e. The van der Waals surface area contributed by atoms with Crippen LogP contribution in [0.1, 0.15) is 32.3 Å². The molecular weight excluding hydrogens is 470 g/mol. The van der Waals surface area contributed by atoms with Gasteiger partial charge in [-0.3, -0.25) is 9.69 Å². The minimum absolute atomic E-state index is 0.0594. The molecule has 2 rings (SSSR count). The Bertz CT molecular complexity index is 868. The third-order valence-electron chi connectivity index (χ3n) is 5.81. The molecule has 0 radical (unpaired) electrons. The summed E-state index contributed by atoms with van der Waals surface area (Å²) in [7, 11) is 9.01. The highest BCUT2D eigenvalue weighted by molar-refractivity contribution is 6.27. The van der Waals surface area contributed by atoms with Crippen LogP contribution in [0.2, 0.25) is 0 Å². The average molecular weight is 512 g/mol. The summed E-state index contributed by atoms with van der Waals surface area (Å²) in [6.45, 7) is 8.55. The predicted molar refractivity (Wildman–Crippen MR) is 135 cm³/mol. The van der Waals surface area contributed by atoms with Crippen LogP contribution in [0.3, 0.4) is 0 Å². The van der Waals surface area contributed by atoms with Crippen LogP contribution in [0.5, 0.6) is 17.2 Å². The monoisotopic (exact) mass is 511 g/mol. The van der Waals surface area contributed by atoms with Crippen molar-refractivity contribution in [2.24, 2.45) is 11.3 Å². The van der Waals surface area contributed by atoms with E-state index in [1.807, 2.05) is 12.1 Å². The first-order chi connectivity index (χ1) is 16.8. The summed E-state index contributed by atoms with van der Waals surface area (Å²) in [6, 6.07) is 3.93. The number of carboxylic acid groups (broad SMARTS) is 2. The zero-order chi connectivity index (χ0) is 27.5. The number of likely N-dealkylation sites (tertiary alicyclic amines) is 1. The maximum absolute atomic E-state index is 12.7. The molecule has 1 amide bonds. The lowest BCUT2D eigenvalue weighted by molar-refractivity contribution is -0.159. The maximum Gasteiger partial charge on any atom is 0.414 e. The molecule has 0 bridgehead atoms. The van der Waals surface area contributed by atoms with E-state index in [1.54, 1.807) is 21.3 Å². The second-order valence-electron chi connectivity index (χ2n) is 9.77. The van der Waals surface area contributed by atoms with Crippen molar-refractivity contribution >= 4 is 17.8 Å². The molecule has 1 aliphatic heterocycles. The summed E-state index contributed by atoms with van der Waals surface area (Å²) < 4.78 is 16.5. The maximum atomic E-state index is 12.7. The first-order valence-electron chi connectivity index (χ1n) is 11.7. The van der Waals surface area contributed by atoms with Gasteiger partial charge in [0, 0.05) is 31.1 Å². The van der Waals surface area contributed by atoms with E-state index in [2.05, 4.69) is 43.1 Å². The van der Waals surface area contributed by atoms with Gasteiger partial charge in [-0.25, -0.2) is 9.59 Å². The van der Waals surface area contributed by atoms with Gasteiger partial charge in [-0.15, -0.1) is 0 Å². The molecule has 1 saturated heterocycles. The van der Waals surface area contributed by atoms with E-state index in [4.69, 9.17) is 34.0 Å². The number of amides is 1. The van der Waals surface area contributed by atoms with Crippen molar-refractivity contribution in [1.29, 1.82) is 0 Å². The van der Waals surface area contributed by atoms with Gasteiger partial charge < -0.3 is 34.6 Å². The number of hydrogen-bond donors (Lipinski definition) is 3. The number of nitrogens with zero attached hydrogens (tertiary/aromatic N) is 2. The summed E-state index contributed by atoms with van der Waals surface area (Å²) >= 11 is 0. The van der Waals surface area contributed by atoms with Gasteiger partial charge in [-0.1, -0.05) is 19.9 Å². The highest BCUT2D eigenvalue weighted by atomic mass is 16.5. The van der Waals surface area contributed by atoms with E-state index in [0.29, 0.717) is 23.8 Å². The van der Waals surface area contributed by atoms with Gasteiger partial charge in [-0.2, -0.15) is 0 Å². The summed E-state index contributed by atoms with van der Waals surface area (Å²) in [5, 5.41) is 18.0. The van der Waals surface area contributed by atoms with Crippen LogP contribution in [0.25, 0.3) is 0 Å². The normalized spacial score (nSPS) is 14.4. The number of rotatable bonds is 10. The molecule has 0 aromatic heterocycles. The van der Waals surface area contributed by atoms with Crippen molar-refractivity contribution in [2.45, 2.75) is 33.2 Å². The number of nitrogens with one attached hydrogen (secondary N) is 1. The van der Waals surface area contributed by atoms with Gasteiger partial charge in [0.15, 0.2) is 11.5 Å². The first-order valence-corrected chi connectivity index (χ1v) is 11.7. The highest BCUT2D eigenvalue weighted by Gasteiger charge is 2.28. The number of ether oxygens (including phenoxy) is 3. The van der Waals surface area contributed by atoms with E-state index in [1.165, 1.54) is 0 Å². The third kappa shape index (κ3) is 9.90. The third-order valence-corrected chi connectivity index (χ3v) is 5.81. The molecule has 11 heteroatoms. The molecule has 1 heterocycles. The molecule has 0 atom stereocenters. The molecule has 1 aliphatic rings. The van der Waals surface area contributed by atoms with Gasteiger partial charge >= 0.3 is 11.9 Å². The standard InChI is InChI=1S/C23H39N3O4.C2H2O4/c1-23(2,16-25(3)4)15-24-22(27)17-10-12-26(13-11-17)14-18-8-9-19(28-5)21(30-7)20(18)29-6;3-1(4)2(5)6/h8-9,17H,10-16H2,1-7H3,(H,24,27);(H,3,4)(H,5,6). The molecule has 1 fully saturated rings. The Morgan fingerprint density at radius 3 is 2.00 bits per heavy atom. The van der Waals surface area contributed by atoms with E-state index >= 15 is 0 Å². The zero-order valence-corrected chi connectivity index (χ0v) is 22.4. The summed E-state index contributed by atoms with van der Waals surface area (Å²) in [5.74, 6) is -1.39. The van der Waals surface area contributed by atoms with Crippen molar-refractivity contribution in [2.75, 3.05) is 61.6 Å². The number of aliphatic carboxylic acids is 2. The molecule has 0 saturated carbocycles. The topological polar surface area (TPSA) is 138 Å². The number of carbonyl (C=O) groups is 3. The van der Waals surface area contributed by atoms with Crippen LogP contribution in [-0.2, 0) is 20.9 Å². The largest absolute Gasteiger partial charge is 0.493 e. The molecule has 11 nitrogen and oxygen atoms in total. The van der Waals surface area contributed by atoms with Crippen LogP contribution in [0.4, 0.5) is 0 Å². The van der Waals surface area contributed by atoms with Gasteiger partial charge in [-0.05, 0) is 51.5 Å². The van der Waals surface area contributed by atoms with Crippen molar-refractivity contribution in [1.82, 2.24) is 15.1 Å². The Balaban J connectivity index is 0.000000960. The number of carboxylic acids is 2. The van der Waals surface area contributed by atoms with Crippen LogP contribution < -0.4 is 19.5 Å². The Morgan fingerprint density at radius 2 is 1.56 bits per heavy atom. The number of hydrogen-bond acceptors (Lipinski definition) is 8. The van der Waals surface area contributed by atoms with Gasteiger partial charge in [0.1, 0.15) is 0 Å². The lowest BCUT2D eigenvalue weighted by atomic mass is 9.91. The van der Waals surface area contributed by atoms with Gasteiger partial charge in [0.05, 0.1) is 21.3 Å². The quantitative estimate of drug-likeness (QED) is 0.399. The summed E-state index contributed by atoms with van der Waals surface area (Å²) in [5.41, 5.74) is 1.12. The molecule has 3 N–H and O–H groups in total. The van der Waals surface area contributed by atoms with E-state index < -0.39 is 11.9 Å². The molecule has 0 aliphatic carbocycles. The average Bonchev–Trinajstić information content (AvgIpc) is 2.82. The Hall–Kier alpha value is -3.05. The van der Waals surface area contributed by atoms with E-state index in [-0.39, 0.29) is 17.2 Å². The van der Waals surface area contributed by atoms with Crippen molar-refractivity contribution in [3.63, 3.8) is 0 Å². The van der Waals surface area contributed by atoms with Crippen LogP contribution in [0, 0.1) is 11.3 Å². The number of piperidine rings is 1. The summed E-state index contributed by atoms with van der Waals surface area (Å²) in [6.07, 6.45) is 1.74. The van der Waals surface area contributed by atoms with E-state index in [0.717, 1.165) is 44.6 Å². The SMILES string of the molecule is COc1ccc(CN2CCC(C(=O)NCC(C)(C)CN(C)C)CC2)c(OC)c1OC.O=C(O)C(=O)O. The van der Waals surface area contributed by atoms with Crippen LogP contribution in [0.15, 0.2) is 12.1 Å². The molecule has 0 unspecified atom stereocenters. The van der Waals surface area contributed by atoms with E-state index in [9.17, 15) is 4.79 Å². The van der Waals surface area contributed by atoms with Gasteiger partial charge in [0.2, 0.25) is 11.7 Å². The van der Waals surface area contributed by atoms with Crippen LogP contribution >= 0.6 is 0 Å². The number of carbonyl (C=O) groups excluding carboxylic acids is 1. The molecule has 204 valence electrons. The Morgan fingerprint density at radius 1 is 1.00 bits per heavy atom. The lowest BCUT2D eigenvalue weighted by Gasteiger charge is -2.33. The molecule has 1 aromatic rings. The first kappa shape index (κ1) is 31.0. The second-order valence-corrected chi connectivity index (χ2v) is 9.77. The molecule has 0 spiro atoms. The molecular formula is C25H41N3O8. The Kier molecular flexibility index (Phi) is 12.5. The number of benzene rings is 1. The minimum atomic E-state index is -1.82. The zero-order valence-electron chi connectivity index (χ0n) is 22.4. The van der Waals surface area contributed by atoms with Gasteiger partial charge in [0.25, 0.3) is 0 Å². The lowest BCUT2D eigenvalue weighted by Crippen LogP contribution is -2.44. The van der Waals surface area contributed by atoms with Crippen molar-refractivity contribution < 1.29 is 38.8 Å². The Labute approximate surface area is 213 Å². The highest BCUT2D eigenvalue weighted by Crippen LogP contribution is 2.40. The summed E-state index contributed by atoms with van der Waals surface area (Å²) in [4.78, 5) is 35.4. The fourth-order valence-electron chi connectivity index (χ4n) is 4.26. The molecule has 1 aromatic carbocycles. The smallest absolute Gasteiger partial charge is 0.414 e. The second kappa shape index (κ2) is 14.5. The fourth-order valence-corrected chi connectivity index (χ4v) is 4.26. The van der Waals surface area contributed by atoms with Crippen LogP contribution in [-0.4, -0.2) is 99.5 Å². The fraction of sp³-hybridized carbons (Fsp3) is 0.640. The van der Waals surface area contributed by atoms with Crippen molar-refractivity contribution in [3.8, 4) is 17.2 Å². The van der Waals surface area contributed by atoms with Crippen molar-refractivity contribution in [3.05, 3.63) is 17.7 Å².